The molecule has 0 saturated carbocycles. The average molecular weight is 384 g/mol. The van der Waals surface area contributed by atoms with Crippen LogP contribution in [0.15, 0.2) is 88.4 Å². The topological polar surface area (TPSA) is 91.9 Å². The molecule has 6 nitrogen and oxygen atoms in total. The molecule has 0 atom stereocenters. The van der Waals surface area contributed by atoms with Crippen LogP contribution in [0, 0.1) is 0 Å². The van der Waals surface area contributed by atoms with Crippen molar-refractivity contribution in [2.24, 2.45) is 5.10 Å². The molecule has 0 unspecified atom stereocenters. The minimum absolute atomic E-state index is 0.207. The number of carboxylic acid groups (broad SMARTS) is 1. The molecule has 0 aliphatic heterocycles. The average Bonchev–Trinajstić information content (AvgIpc) is 3.22. The Kier molecular flexibility index (Phi) is 4.90. The van der Waals surface area contributed by atoms with Gasteiger partial charge in [0.05, 0.1) is 11.8 Å². The summed E-state index contributed by atoms with van der Waals surface area (Å²) in [5, 5.41) is 14.9. The Morgan fingerprint density at radius 1 is 0.862 bits per heavy atom. The van der Waals surface area contributed by atoms with Crippen LogP contribution >= 0.6 is 0 Å². The van der Waals surface area contributed by atoms with Gasteiger partial charge in [0.2, 0.25) is 0 Å². The van der Waals surface area contributed by atoms with Gasteiger partial charge in [0.15, 0.2) is 0 Å². The van der Waals surface area contributed by atoms with Gasteiger partial charge >= 0.3 is 5.97 Å². The van der Waals surface area contributed by atoms with Crippen LogP contribution in [0.4, 0.5) is 0 Å². The van der Waals surface area contributed by atoms with Crippen LogP contribution in [0.1, 0.15) is 26.5 Å². The molecule has 0 aliphatic rings. The molecule has 3 aromatic carbocycles. The van der Waals surface area contributed by atoms with Crippen molar-refractivity contribution < 1.29 is 19.1 Å². The van der Waals surface area contributed by atoms with E-state index in [1.54, 1.807) is 30.3 Å². The first-order chi connectivity index (χ1) is 14.1. The van der Waals surface area contributed by atoms with Gasteiger partial charge in [-0.05, 0) is 47.2 Å². The highest BCUT2D eigenvalue weighted by atomic mass is 16.4. The van der Waals surface area contributed by atoms with Gasteiger partial charge in [0.25, 0.3) is 5.91 Å². The zero-order valence-electron chi connectivity index (χ0n) is 15.2. The maximum Gasteiger partial charge on any atom is 0.335 e. The van der Waals surface area contributed by atoms with E-state index in [2.05, 4.69) is 10.5 Å². The van der Waals surface area contributed by atoms with Crippen molar-refractivity contribution in [3.05, 3.63) is 95.7 Å². The van der Waals surface area contributed by atoms with Gasteiger partial charge in [-0.15, -0.1) is 0 Å². The zero-order chi connectivity index (χ0) is 20.2. The van der Waals surface area contributed by atoms with Gasteiger partial charge in [0, 0.05) is 11.1 Å². The summed E-state index contributed by atoms with van der Waals surface area (Å²) in [6.45, 7) is 0. The van der Waals surface area contributed by atoms with E-state index in [0.717, 1.165) is 16.3 Å². The first kappa shape index (κ1) is 18.2. The van der Waals surface area contributed by atoms with E-state index < -0.39 is 5.97 Å². The molecular formula is C23H16N2O4. The largest absolute Gasteiger partial charge is 0.478 e. The van der Waals surface area contributed by atoms with Crippen molar-refractivity contribution in [1.29, 1.82) is 0 Å². The quantitative estimate of drug-likeness (QED) is 0.390. The summed E-state index contributed by atoms with van der Waals surface area (Å²) in [7, 11) is 0. The number of carboxylic acids is 1. The second-order valence-electron chi connectivity index (χ2n) is 6.35. The van der Waals surface area contributed by atoms with Crippen molar-refractivity contribution in [3.63, 3.8) is 0 Å². The Balaban J connectivity index is 1.42. The first-order valence-electron chi connectivity index (χ1n) is 8.86. The smallest absolute Gasteiger partial charge is 0.335 e. The van der Waals surface area contributed by atoms with Crippen molar-refractivity contribution >= 4 is 28.9 Å². The molecule has 4 rings (SSSR count). The zero-order valence-corrected chi connectivity index (χ0v) is 15.2. The van der Waals surface area contributed by atoms with E-state index in [4.69, 9.17) is 9.52 Å². The van der Waals surface area contributed by atoms with E-state index in [1.807, 2.05) is 36.4 Å². The van der Waals surface area contributed by atoms with Crippen LogP contribution in [0.25, 0.3) is 22.1 Å². The molecule has 29 heavy (non-hydrogen) atoms. The molecule has 0 fully saturated rings. The molecule has 0 radical (unpaired) electrons. The molecule has 0 saturated heterocycles. The van der Waals surface area contributed by atoms with Crippen molar-refractivity contribution in [2.45, 2.75) is 0 Å². The van der Waals surface area contributed by atoms with Crippen LogP contribution in [-0.4, -0.2) is 23.2 Å². The number of rotatable bonds is 5. The predicted molar refractivity (Wildman–Crippen MR) is 110 cm³/mol. The fourth-order valence-electron chi connectivity index (χ4n) is 2.90. The van der Waals surface area contributed by atoms with Gasteiger partial charge in [-0.1, -0.05) is 42.5 Å². The molecule has 2 N–H and O–H groups in total. The molecule has 0 aliphatic carbocycles. The van der Waals surface area contributed by atoms with Crippen LogP contribution in [0.2, 0.25) is 0 Å². The summed E-state index contributed by atoms with van der Waals surface area (Å²) in [5.41, 5.74) is 3.95. The van der Waals surface area contributed by atoms with Gasteiger partial charge in [-0.3, -0.25) is 4.79 Å². The number of hydrogen-bond acceptors (Lipinski definition) is 4. The van der Waals surface area contributed by atoms with Crippen molar-refractivity contribution in [2.75, 3.05) is 0 Å². The number of amides is 1. The number of carbonyl (C=O) groups excluding carboxylic acids is 1. The minimum atomic E-state index is -0.981. The second kappa shape index (κ2) is 7.82. The fourth-order valence-corrected chi connectivity index (χ4v) is 2.90. The molecule has 1 heterocycles. The number of nitrogens with one attached hydrogen (secondary N) is 1. The van der Waals surface area contributed by atoms with Crippen molar-refractivity contribution in [1.82, 2.24) is 5.43 Å². The van der Waals surface area contributed by atoms with E-state index in [0.29, 0.717) is 17.1 Å². The number of carbonyl (C=O) groups is 2. The maximum absolute atomic E-state index is 12.3. The van der Waals surface area contributed by atoms with Gasteiger partial charge in [-0.25, -0.2) is 10.2 Å². The third-order valence-electron chi connectivity index (χ3n) is 4.41. The summed E-state index contributed by atoms with van der Waals surface area (Å²) in [5.74, 6) is -0.264. The highest BCUT2D eigenvalue weighted by Crippen LogP contribution is 2.22. The number of hydrogen-bond donors (Lipinski definition) is 2. The molecule has 0 spiro atoms. The standard InChI is InChI=1S/C23H16N2O4/c26-22(19-10-5-15-3-1-2-4-18(15)13-19)25-24-14-20-11-12-21(29-20)16-6-8-17(9-7-16)23(27)28/h1-14H,(H,25,26)(H,27,28)/b24-14-. The van der Waals surface area contributed by atoms with Crippen molar-refractivity contribution in [3.8, 4) is 11.3 Å². The number of fused-ring (bicyclic) bond motifs is 1. The Morgan fingerprint density at radius 2 is 1.59 bits per heavy atom. The third kappa shape index (κ3) is 4.06. The SMILES string of the molecule is O=C(O)c1ccc(-c2ccc(/C=N\NC(=O)c3ccc4ccccc4c3)o2)cc1. The second-order valence-corrected chi connectivity index (χ2v) is 6.35. The summed E-state index contributed by atoms with van der Waals surface area (Å²) in [6, 6.07) is 23.1. The molecule has 6 heteroatoms. The molecular weight excluding hydrogens is 368 g/mol. The van der Waals surface area contributed by atoms with Gasteiger partial charge < -0.3 is 9.52 Å². The summed E-state index contributed by atoms with van der Waals surface area (Å²) in [6.07, 6.45) is 1.41. The number of furan rings is 1. The van der Waals surface area contributed by atoms with E-state index in [1.165, 1.54) is 18.3 Å². The van der Waals surface area contributed by atoms with Crippen LogP contribution in [0.3, 0.4) is 0 Å². The lowest BCUT2D eigenvalue weighted by atomic mass is 10.1. The Bertz CT molecular complexity index is 1220. The van der Waals surface area contributed by atoms with Gasteiger partial charge in [-0.2, -0.15) is 5.10 Å². The normalized spacial score (nSPS) is 11.0. The summed E-state index contributed by atoms with van der Waals surface area (Å²) in [4.78, 5) is 23.2. The highest BCUT2D eigenvalue weighted by molar-refractivity contribution is 5.98. The summed E-state index contributed by atoms with van der Waals surface area (Å²) < 4.78 is 5.67. The lowest BCUT2D eigenvalue weighted by Crippen LogP contribution is -2.17. The number of aromatic carboxylic acids is 1. The number of nitrogens with zero attached hydrogens (tertiary/aromatic N) is 1. The van der Waals surface area contributed by atoms with Crippen LogP contribution < -0.4 is 5.43 Å². The van der Waals surface area contributed by atoms with Crippen LogP contribution in [-0.2, 0) is 0 Å². The predicted octanol–water partition coefficient (Wildman–Crippen LogP) is 4.56. The fraction of sp³-hybridized carbons (Fsp3) is 0. The Labute approximate surface area is 166 Å². The first-order valence-corrected chi connectivity index (χ1v) is 8.86. The lowest BCUT2D eigenvalue weighted by Gasteiger charge is -2.02. The molecule has 0 bridgehead atoms. The highest BCUT2D eigenvalue weighted by Gasteiger charge is 2.07. The van der Waals surface area contributed by atoms with E-state index in [-0.39, 0.29) is 11.5 Å². The summed E-state index contributed by atoms with van der Waals surface area (Å²) >= 11 is 0. The molecule has 1 aromatic heterocycles. The van der Waals surface area contributed by atoms with E-state index in [9.17, 15) is 9.59 Å². The minimum Gasteiger partial charge on any atom is -0.478 e. The third-order valence-corrected chi connectivity index (χ3v) is 4.41. The van der Waals surface area contributed by atoms with Crippen LogP contribution in [0.5, 0.6) is 0 Å². The van der Waals surface area contributed by atoms with E-state index >= 15 is 0 Å². The molecule has 142 valence electrons. The number of benzene rings is 3. The van der Waals surface area contributed by atoms with Gasteiger partial charge in [0.1, 0.15) is 11.5 Å². The monoisotopic (exact) mass is 384 g/mol. The Hall–Kier alpha value is -4.19. The number of hydrazone groups is 1. The Morgan fingerprint density at radius 3 is 2.34 bits per heavy atom. The maximum atomic E-state index is 12.3. The lowest BCUT2D eigenvalue weighted by molar-refractivity contribution is 0.0696. The molecule has 1 amide bonds. The molecule has 4 aromatic rings.